The molecule has 4 rings (SSSR count). The molecule has 10 nitrogen and oxygen atoms in total. The molecule has 0 aliphatic heterocycles. The van der Waals surface area contributed by atoms with Crippen LogP contribution in [0.25, 0.3) is 21.8 Å². The minimum absolute atomic E-state index is 0.110. The molecule has 0 aliphatic rings. The smallest absolute Gasteiger partial charge is 0.262 e. The Morgan fingerprint density at radius 3 is 1.51 bits per heavy atom. The fraction of sp³-hybridized carbons (Fsp3) is 0.419. The number of carbonyl (C=O) groups is 2. The number of amides is 2. The van der Waals surface area contributed by atoms with Gasteiger partial charge in [-0.3, -0.25) is 28.3 Å². The largest absolute Gasteiger partial charge is 0.355 e. The van der Waals surface area contributed by atoms with E-state index in [9.17, 15) is 19.2 Å². The predicted molar refractivity (Wildman–Crippen MR) is 174 cm³/mol. The van der Waals surface area contributed by atoms with Gasteiger partial charge in [0.05, 0.1) is 33.3 Å². The lowest BCUT2D eigenvalue weighted by Crippen LogP contribution is -2.29. The van der Waals surface area contributed by atoms with E-state index in [4.69, 9.17) is 9.97 Å². The van der Waals surface area contributed by atoms with Crippen LogP contribution in [0.4, 0.5) is 0 Å². The lowest BCUT2D eigenvalue weighted by atomic mass is 10.2. The van der Waals surface area contributed by atoms with Crippen molar-refractivity contribution < 1.29 is 9.59 Å². The summed E-state index contributed by atoms with van der Waals surface area (Å²) in [5, 5.41) is 7.70. The number of aromatic nitrogens is 4. The Kier molecular flexibility index (Phi) is 12.2. The Morgan fingerprint density at radius 2 is 1.09 bits per heavy atom. The summed E-state index contributed by atoms with van der Waals surface area (Å²) in [4.78, 5) is 61.2. The van der Waals surface area contributed by atoms with Crippen LogP contribution in [0.5, 0.6) is 0 Å². The van der Waals surface area contributed by atoms with Crippen LogP contribution in [0.15, 0.2) is 68.4 Å². The number of fused-ring (bicyclic) bond motifs is 2. The molecule has 2 amide bonds. The highest BCUT2D eigenvalue weighted by molar-refractivity contribution is 8.00. The quantitative estimate of drug-likeness (QED) is 0.108. The molecule has 2 N–H and O–H groups in total. The molecule has 0 saturated carbocycles. The van der Waals surface area contributed by atoms with Gasteiger partial charge in [0.25, 0.3) is 11.1 Å². The molecular weight excluding hydrogens is 585 g/mol. The second kappa shape index (κ2) is 16.3. The van der Waals surface area contributed by atoms with E-state index in [1.807, 2.05) is 12.1 Å². The molecule has 12 heteroatoms. The molecule has 2 heterocycles. The lowest BCUT2D eigenvalue weighted by Gasteiger charge is -2.15. The molecule has 2 aromatic heterocycles. The number of hydrogen-bond donors (Lipinski definition) is 2. The predicted octanol–water partition coefficient (Wildman–Crippen LogP) is 4.21. The fourth-order valence-electron chi connectivity index (χ4n) is 4.47. The van der Waals surface area contributed by atoms with E-state index in [0.717, 1.165) is 25.7 Å². The molecule has 0 radical (unpaired) electrons. The third kappa shape index (κ3) is 8.70. The molecule has 0 aliphatic carbocycles. The number of para-hydroxylation sites is 2. The number of nitrogens with one attached hydrogen (secondary N) is 2. The molecule has 0 spiro atoms. The molecule has 0 unspecified atom stereocenters. The molecule has 0 saturated heterocycles. The van der Waals surface area contributed by atoms with Crippen molar-refractivity contribution in [1.82, 2.24) is 29.7 Å². The van der Waals surface area contributed by atoms with Gasteiger partial charge in [0.1, 0.15) is 0 Å². The van der Waals surface area contributed by atoms with Crippen LogP contribution in [0.2, 0.25) is 0 Å². The van der Waals surface area contributed by atoms with Crippen molar-refractivity contribution in [2.75, 3.05) is 24.6 Å². The Morgan fingerprint density at radius 1 is 0.674 bits per heavy atom. The average Bonchev–Trinajstić information content (AvgIpc) is 3.01. The zero-order valence-corrected chi connectivity index (χ0v) is 26.3. The molecule has 0 fully saturated rings. The number of nitrogens with zero attached hydrogens (tertiary/aromatic N) is 4. The van der Waals surface area contributed by atoms with E-state index in [1.54, 1.807) is 45.5 Å². The van der Waals surface area contributed by atoms with Crippen LogP contribution in [0, 0.1) is 0 Å². The van der Waals surface area contributed by atoms with Gasteiger partial charge in [-0.15, -0.1) is 0 Å². The third-order valence-corrected chi connectivity index (χ3v) is 8.74. The first kappa shape index (κ1) is 32.3. The maximum Gasteiger partial charge on any atom is 0.262 e. The van der Waals surface area contributed by atoms with E-state index in [-0.39, 0.29) is 47.5 Å². The SMILES string of the molecule is CCCCNC(=O)CSc1nc2ccccc2c(=O)n1CCCn1c(SCC(=O)NCCCC)nc2ccccc2c1=O. The van der Waals surface area contributed by atoms with Gasteiger partial charge < -0.3 is 10.6 Å². The van der Waals surface area contributed by atoms with E-state index >= 15 is 0 Å². The Balaban J connectivity index is 1.56. The van der Waals surface area contributed by atoms with E-state index in [1.165, 1.54) is 23.5 Å². The molecule has 228 valence electrons. The van der Waals surface area contributed by atoms with Crippen LogP contribution in [0.1, 0.15) is 46.0 Å². The number of benzene rings is 2. The molecule has 2 aromatic carbocycles. The van der Waals surface area contributed by atoms with Gasteiger partial charge in [-0.25, -0.2) is 9.97 Å². The number of carbonyl (C=O) groups excluding carboxylic acids is 2. The zero-order valence-electron chi connectivity index (χ0n) is 24.6. The van der Waals surface area contributed by atoms with Crippen LogP contribution in [-0.4, -0.2) is 55.5 Å². The highest BCUT2D eigenvalue weighted by Gasteiger charge is 2.16. The first-order valence-electron chi connectivity index (χ1n) is 14.7. The maximum atomic E-state index is 13.5. The summed E-state index contributed by atoms with van der Waals surface area (Å²) in [6.45, 7) is 5.93. The molecule has 4 aromatic rings. The summed E-state index contributed by atoms with van der Waals surface area (Å²) in [5.74, 6) is 0.0658. The van der Waals surface area contributed by atoms with Crippen molar-refractivity contribution >= 4 is 57.1 Å². The zero-order chi connectivity index (χ0) is 30.6. The minimum atomic E-state index is -0.193. The second-order valence-corrected chi connectivity index (χ2v) is 12.0. The summed E-state index contributed by atoms with van der Waals surface area (Å²) in [7, 11) is 0. The van der Waals surface area contributed by atoms with Gasteiger partial charge >= 0.3 is 0 Å². The van der Waals surface area contributed by atoms with Crippen molar-refractivity contribution in [1.29, 1.82) is 0 Å². The van der Waals surface area contributed by atoms with Gasteiger partial charge in [-0.05, 0) is 43.5 Å². The summed E-state index contributed by atoms with van der Waals surface area (Å²) in [6, 6.07) is 14.3. The molecule has 0 bridgehead atoms. The van der Waals surface area contributed by atoms with E-state index < -0.39 is 0 Å². The average molecular weight is 623 g/mol. The highest BCUT2D eigenvalue weighted by atomic mass is 32.2. The van der Waals surface area contributed by atoms with Crippen LogP contribution < -0.4 is 21.8 Å². The van der Waals surface area contributed by atoms with E-state index in [2.05, 4.69) is 24.5 Å². The first-order chi connectivity index (χ1) is 20.9. The maximum absolute atomic E-state index is 13.5. The van der Waals surface area contributed by atoms with Gasteiger partial charge in [0.15, 0.2) is 10.3 Å². The number of hydrogen-bond acceptors (Lipinski definition) is 8. The van der Waals surface area contributed by atoms with Crippen LogP contribution in [0.3, 0.4) is 0 Å². The first-order valence-corrected chi connectivity index (χ1v) is 16.7. The number of thioether (sulfide) groups is 2. The Bertz CT molecular complexity index is 1560. The fourth-order valence-corrected chi connectivity index (χ4v) is 6.18. The van der Waals surface area contributed by atoms with E-state index in [0.29, 0.717) is 51.6 Å². The van der Waals surface area contributed by atoms with Gasteiger partial charge in [0.2, 0.25) is 11.8 Å². The second-order valence-electron chi connectivity index (χ2n) is 10.1. The monoisotopic (exact) mass is 622 g/mol. The molecule has 0 atom stereocenters. The third-order valence-electron chi connectivity index (χ3n) is 6.79. The van der Waals surface area contributed by atoms with Crippen molar-refractivity contribution in [3.8, 4) is 0 Å². The highest BCUT2D eigenvalue weighted by Crippen LogP contribution is 2.20. The normalized spacial score (nSPS) is 11.2. The summed E-state index contributed by atoms with van der Waals surface area (Å²) < 4.78 is 3.17. The van der Waals surface area contributed by atoms with Crippen molar-refractivity contribution in [3.05, 3.63) is 69.2 Å². The topological polar surface area (TPSA) is 128 Å². The van der Waals surface area contributed by atoms with Gasteiger partial charge in [-0.2, -0.15) is 0 Å². The number of rotatable bonds is 16. The summed E-state index contributed by atoms with van der Waals surface area (Å²) >= 11 is 2.45. The van der Waals surface area contributed by atoms with Crippen LogP contribution >= 0.6 is 23.5 Å². The molecular formula is C31H38N6O4S2. The van der Waals surface area contributed by atoms with Crippen molar-refractivity contribution in [3.63, 3.8) is 0 Å². The summed E-state index contributed by atoms with van der Waals surface area (Å²) in [5.41, 5.74) is 0.760. The lowest BCUT2D eigenvalue weighted by molar-refractivity contribution is -0.119. The van der Waals surface area contributed by atoms with Crippen LogP contribution in [-0.2, 0) is 22.7 Å². The van der Waals surface area contributed by atoms with Gasteiger partial charge in [-0.1, -0.05) is 74.5 Å². The minimum Gasteiger partial charge on any atom is -0.355 e. The Labute approximate surface area is 259 Å². The van der Waals surface area contributed by atoms with Crippen molar-refractivity contribution in [2.24, 2.45) is 0 Å². The Hall–Kier alpha value is -3.64. The van der Waals surface area contributed by atoms with Gasteiger partial charge in [0, 0.05) is 26.2 Å². The standard InChI is InChI=1S/C31H38N6O4S2/c1-3-5-16-32-26(38)20-42-30-34-24-14-9-7-12-22(24)28(40)36(30)18-11-19-37-29(41)23-13-8-10-15-25(23)35-31(37)43-21-27(39)33-17-6-4-2/h7-10,12-15H,3-6,11,16-21H2,1-2H3,(H,32,38)(H,33,39). The summed E-state index contributed by atoms with van der Waals surface area (Å²) in [6.07, 6.45) is 4.22. The van der Waals surface area contributed by atoms with Crippen molar-refractivity contribution in [2.45, 2.75) is 69.4 Å². The number of unbranched alkanes of at least 4 members (excludes halogenated alkanes) is 2. The molecule has 43 heavy (non-hydrogen) atoms.